The minimum absolute atomic E-state index is 0.0255. The number of fused-ring (bicyclic) bond motifs is 1. The van der Waals surface area contributed by atoms with Gasteiger partial charge in [0.15, 0.2) is 11.4 Å². The number of hydrogen-bond donors (Lipinski definition) is 0. The van der Waals surface area contributed by atoms with Crippen LogP contribution in [-0.4, -0.2) is 14.5 Å². The van der Waals surface area contributed by atoms with E-state index in [-0.39, 0.29) is 5.69 Å². The SMILES string of the molecule is Cn1c(C(C)(C)Oc2ccc([N+](=O)[O-])cc2)nc2ccc(Cl)cc21. The van der Waals surface area contributed by atoms with Gasteiger partial charge in [0.25, 0.3) is 5.69 Å². The topological polar surface area (TPSA) is 70.2 Å². The van der Waals surface area contributed by atoms with Crippen LogP contribution in [0.25, 0.3) is 11.0 Å². The van der Waals surface area contributed by atoms with Crippen molar-refractivity contribution in [3.8, 4) is 5.75 Å². The molecule has 6 nitrogen and oxygen atoms in total. The van der Waals surface area contributed by atoms with Crippen LogP contribution in [0.3, 0.4) is 0 Å². The second kappa shape index (κ2) is 5.79. The summed E-state index contributed by atoms with van der Waals surface area (Å²) >= 11 is 6.06. The van der Waals surface area contributed by atoms with Crippen molar-refractivity contribution < 1.29 is 9.66 Å². The van der Waals surface area contributed by atoms with Crippen LogP contribution in [0, 0.1) is 10.1 Å². The second-order valence-electron chi connectivity index (χ2n) is 5.99. The van der Waals surface area contributed by atoms with Gasteiger partial charge in [0.05, 0.1) is 16.0 Å². The summed E-state index contributed by atoms with van der Waals surface area (Å²) in [7, 11) is 1.90. The predicted molar refractivity (Wildman–Crippen MR) is 92.5 cm³/mol. The van der Waals surface area contributed by atoms with Crippen molar-refractivity contribution in [2.24, 2.45) is 7.05 Å². The number of aryl methyl sites for hydroxylation is 1. The number of non-ortho nitro benzene ring substituents is 1. The molecule has 7 heteroatoms. The zero-order chi connectivity index (χ0) is 17.5. The fourth-order valence-electron chi connectivity index (χ4n) is 2.68. The number of nitro groups is 1. The number of nitrogens with zero attached hydrogens (tertiary/aromatic N) is 3. The zero-order valence-corrected chi connectivity index (χ0v) is 14.2. The van der Waals surface area contributed by atoms with Crippen molar-refractivity contribution in [1.29, 1.82) is 0 Å². The van der Waals surface area contributed by atoms with Crippen molar-refractivity contribution in [3.63, 3.8) is 0 Å². The third-order valence-electron chi connectivity index (χ3n) is 3.80. The lowest BCUT2D eigenvalue weighted by Crippen LogP contribution is -2.29. The molecular formula is C17H16ClN3O3. The first-order chi connectivity index (χ1) is 11.3. The number of imidazole rings is 1. The predicted octanol–water partition coefficient (Wildman–Crippen LogP) is 4.45. The molecule has 0 saturated heterocycles. The molecule has 24 heavy (non-hydrogen) atoms. The van der Waals surface area contributed by atoms with E-state index in [9.17, 15) is 10.1 Å². The summed E-state index contributed by atoms with van der Waals surface area (Å²) in [6.45, 7) is 3.80. The van der Waals surface area contributed by atoms with Crippen LogP contribution in [0.5, 0.6) is 5.75 Å². The fourth-order valence-corrected chi connectivity index (χ4v) is 2.84. The Morgan fingerprint density at radius 3 is 2.50 bits per heavy atom. The molecule has 0 bridgehead atoms. The van der Waals surface area contributed by atoms with Crippen LogP contribution in [0.1, 0.15) is 19.7 Å². The van der Waals surface area contributed by atoms with E-state index in [1.807, 2.05) is 37.6 Å². The van der Waals surface area contributed by atoms with Gasteiger partial charge in [-0.2, -0.15) is 0 Å². The van der Waals surface area contributed by atoms with Crippen LogP contribution in [0.4, 0.5) is 5.69 Å². The van der Waals surface area contributed by atoms with Crippen LogP contribution in [0.2, 0.25) is 5.02 Å². The molecule has 1 heterocycles. The highest BCUT2D eigenvalue weighted by Gasteiger charge is 2.29. The third-order valence-corrected chi connectivity index (χ3v) is 4.04. The van der Waals surface area contributed by atoms with Crippen LogP contribution in [0.15, 0.2) is 42.5 Å². The largest absolute Gasteiger partial charge is 0.480 e. The molecule has 3 rings (SSSR count). The maximum Gasteiger partial charge on any atom is 0.269 e. The van der Waals surface area contributed by atoms with Crippen molar-refractivity contribution in [2.45, 2.75) is 19.4 Å². The van der Waals surface area contributed by atoms with E-state index in [4.69, 9.17) is 16.3 Å². The van der Waals surface area contributed by atoms with Gasteiger partial charge in [-0.25, -0.2) is 4.98 Å². The number of halogens is 1. The lowest BCUT2D eigenvalue weighted by atomic mass is 10.1. The molecule has 0 spiro atoms. The van der Waals surface area contributed by atoms with Crippen LogP contribution < -0.4 is 4.74 Å². The quantitative estimate of drug-likeness (QED) is 0.517. The van der Waals surface area contributed by atoms with E-state index in [0.29, 0.717) is 10.8 Å². The molecule has 3 aromatic rings. The summed E-state index contributed by atoms with van der Waals surface area (Å²) < 4.78 is 7.96. The lowest BCUT2D eigenvalue weighted by Gasteiger charge is -2.26. The monoisotopic (exact) mass is 345 g/mol. The minimum Gasteiger partial charge on any atom is -0.480 e. The Labute approximate surface area is 143 Å². The average molecular weight is 346 g/mol. The first-order valence-electron chi connectivity index (χ1n) is 7.34. The van der Waals surface area contributed by atoms with Gasteiger partial charge in [-0.3, -0.25) is 10.1 Å². The van der Waals surface area contributed by atoms with Crippen LogP contribution in [-0.2, 0) is 12.6 Å². The first kappa shape index (κ1) is 16.3. The Morgan fingerprint density at radius 2 is 1.88 bits per heavy atom. The smallest absolute Gasteiger partial charge is 0.269 e. The molecular weight excluding hydrogens is 330 g/mol. The van der Waals surface area contributed by atoms with E-state index in [1.54, 1.807) is 18.2 Å². The second-order valence-corrected chi connectivity index (χ2v) is 6.43. The van der Waals surface area contributed by atoms with E-state index in [2.05, 4.69) is 4.98 Å². The Hall–Kier alpha value is -2.60. The van der Waals surface area contributed by atoms with Gasteiger partial charge in [-0.1, -0.05) is 11.6 Å². The summed E-state index contributed by atoms with van der Waals surface area (Å²) in [5, 5.41) is 11.4. The van der Waals surface area contributed by atoms with Crippen molar-refractivity contribution in [2.75, 3.05) is 0 Å². The maximum absolute atomic E-state index is 10.7. The number of hydrogen-bond acceptors (Lipinski definition) is 4. The molecule has 0 atom stereocenters. The molecule has 0 aliphatic carbocycles. The number of nitro benzene ring substituents is 1. The Balaban J connectivity index is 1.95. The summed E-state index contributed by atoms with van der Waals surface area (Å²) in [4.78, 5) is 14.9. The van der Waals surface area contributed by atoms with E-state index in [1.165, 1.54) is 12.1 Å². The van der Waals surface area contributed by atoms with Gasteiger partial charge in [0.2, 0.25) is 0 Å². The molecule has 0 aliphatic heterocycles. The Bertz CT molecular complexity index is 917. The summed E-state index contributed by atoms with van der Waals surface area (Å²) in [5.74, 6) is 1.27. The van der Waals surface area contributed by atoms with Crippen molar-refractivity contribution >= 4 is 28.3 Å². The Kier molecular flexibility index (Phi) is 3.93. The number of rotatable bonds is 4. The maximum atomic E-state index is 10.7. The Morgan fingerprint density at radius 1 is 1.21 bits per heavy atom. The summed E-state index contributed by atoms with van der Waals surface area (Å²) in [5.41, 5.74) is 1.05. The molecule has 1 aromatic heterocycles. The van der Waals surface area contributed by atoms with Gasteiger partial charge in [-0.15, -0.1) is 0 Å². The molecule has 2 aromatic carbocycles. The third kappa shape index (κ3) is 2.92. The highest BCUT2D eigenvalue weighted by molar-refractivity contribution is 6.31. The summed E-state index contributed by atoms with van der Waals surface area (Å²) in [6, 6.07) is 11.5. The van der Waals surface area contributed by atoms with Gasteiger partial charge in [-0.05, 0) is 44.2 Å². The number of benzene rings is 2. The zero-order valence-electron chi connectivity index (χ0n) is 13.5. The van der Waals surface area contributed by atoms with E-state index in [0.717, 1.165) is 16.9 Å². The van der Waals surface area contributed by atoms with Gasteiger partial charge < -0.3 is 9.30 Å². The van der Waals surface area contributed by atoms with Crippen molar-refractivity contribution in [3.05, 3.63) is 63.4 Å². The standard InChI is InChI=1S/C17H16ClN3O3/c1-17(2,24-13-7-5-12(6-8-13)21(22)23)16-19-14-9-4-11(18)10-15(14)20(16)3/h4-10H,1-3H3. The molecule has 0 radical (unpaired) electrons. The summed E-state index contributed by atoms with van der Waals surface area (Å²) in [6.07, 6.45) is 0. The lowest BCUT2D eigenvalue weighted by molar-refractivity contribution is -0.384. The molecule has 0 N–H and O–H groups in total. The molecule has 0 aliphatic rings. The molecule has 0 saturated carbocycles. The fraction of sp³-hybridized carbons (Fsp3) is 0.235. The van der Waals surface area contributed by atoms with Gasteiger partial charge >= 0.3 is 0 Å². The van der Waals surface area contributed by atoms with E-state index < -0.39 is 10.5 Å². The molecule has 124 valence electrons. The highest BCUT2D eigenvalue weighted by atomic mass is 35.5. The normalized spacial score (nSPS) is 11.7. The molecule has 0 unspecified atom stereocenters. The molecule has 0 fully saturated rings. The van der Waals surface area contributed by atoms with E-state index >= 15 is 0 Å². The highest BCUT2D eigenvalue weighted by Crippen LogP contribution is 2.30. The van der Waals surface area contributed by atoms with Crippen molar-refractivity contribution in [1.82, 2.24) is 9.55 Å². The van der Waals surface area contributed by atoms with Gasteiger partial charge in [0, 0.05) is 24.2 Å². The number of ether oxygens (including phenoxy) is 1. The van der Waals surface area contributed by atoms with Crippen LogP contribution >= 0.6 is 11.6 Å². The molecule has 0 amide bonds. The first-order valence-corrected chi connectivity index (χ1v) is 7.71. The minimum atomic E-state index is -0.726. The average Bonchev–Trinajstić information content (AvgIpc) is 2.85. The van der Waals surface area contributed by atoms with Gasteiger partial charge in [0.1, 0.15) is 5.75 Å². The number of aromatic nitrogens is 2.